The van der Waals surface area contributed by atoms with Gasteiger partial charge in [0.2, 0.25) is 0 Å². The second-order valence-corrected chi connectivity index (χ2v) is 5.44. The Hall–Kier alpha value is -2.20. The molecular formula is C17H16ClNO3. The highest BCUT2D eigenvalue weighted by Crippen LogP contribution is 2.38. The monoisotopic (exact) mass is 317 g/mol. The van der Waals surface area contributed by atoms with E-state index in [9.17, 15) is 4.79 Å². The predicted octanol–water partition coefficient (Wildman–Crippen LogP) is 3.78. The van der Waals surface area contributed by atoms with Crippen LogP contribution < -0.4 is 14.4 Å². The summed E-state index contributed by atoms with van der Waals surface area (Å²) in [5.41, 5.74) is 1.29. The Morgan fingerprint density at radius 3 is 2.64 bits per heavy atom. The summed E-state index contributed by atoms with van der Waals surface area (Å²) in [5, 5.41) is 0.393. The minimum atomic E-state index is -0.149. The van der Waals surface area contributed by atoms with E-state index >= 15 is 0 Å². The molecule has 0 radical (unpaired) electrons. The first-order chi connectivity index (χ1) is 10.7. The van der Waals surface area contributed by atoms with Crippen molar-refractivity contribution in [1.82, 2.24) is 0 Å². The topological polar surface area (TPSA) is 38.8 Å². The molecule has 1 heterocycles. The summed E-state index contributed by atoms with van der Waals surface area (Å²) in [6.45, 7) is 1.11. The third-order valence-electron chi connectivity index (χ3n) is 3.50. The van der Waals surface area contributed by atoms with Crippen molar-refractivity contribution < 1.29 is 14.3 Å². The molecule has 1 aliphatic rings. The molecule has 0 aromatic heterocycles. The number of anilines is 1. The second kappa shape index (κ2) is 6.28. The minimum absolute atomic E-state index is 0.149. The Labute approximate surface area is 134 Å². The van der Waals surface area contributed by atoms with Crippen LogP contribution in [0.5, 0.6) is 11.5 Å². The van der Waals surface area contributed by atoms with Gasteiger partial charge in [-0.1, -0.05) is 29.8 Å². The van der Waals surface area contributed by atoms with Gasteiger partial charge in [0.15, 0.2) is 11.5 Å². The van der Waals surface area contributed by atoms with Crippen LogP contribution in [-0.4, -0.2) is 26.2 Å². The highest BCUT2D eigenvalue weighted by atomic mass is 35.5. The summed E-state index contributed by atoms with van der Waals surface area (Å²) < 4.78 is 11.2. The van der Waals surface area contributed by atoms with E-state index in [1.165, 1.54) is 0 Å². The van der Waals surface area contributed by atoms with E-state index in [0.717, 1.165) is 12.1 Å². The lowest BCUT2D eigenvalue weighted by Gasteiger charge is -2.18. The van der Waals surface area contributed by atoms with Gasteiger partial charge in [-0.3, -0.25) is 4.79 Å². The van der Waals surface area contributed by atoms with E-state index in [-0.39, 0.29) is 5.91 Å². The standard InChI is InChI=1S/C17H16ClNO3/c1-19(13-6-3-2-4-7-13)17(20)12-10-14(18)16-15(11-12)21-8-5-9-22-16/h2-4,6-7,10-11H,5,8-9H2,1H3. The summed E-state index contributed by atoms with van der Waals surface area (Å²) in [4.78, 5) is 14.2. The van der Waals surface area contributed by atoms with E-state index in [1.807, 2.05) is 30.3 Å². The number of rotatable bonds is 2. The molecule has 0 bridgehead atoms. The van der Waals surface area contributed by atoms with E-state index in [0.29, 0.717) is 35.3 Å². The Morgan fingerprint density at radius 2 is 1.86 bits per heavy atom. The number of fused-ring (bicyclic) bond motifs is 1. The van der Waals surface area contributed by atoms with Crippen molar-refractivity contribution in [3.8, 4) is 11.5 Å². The molecule has 0 fully saturated rings. The fraction of sp³-hybridized carbons (Fsp3) is 0.235. The molecule has 5 heteroatoms. The molecule has 0 spiro atoms. The van der Waals surface area contributed by atoms with Crippen LogP contribution in [0.15, 0.2) is 42.5 Å². The van der Waals surface area contributed by atoms with Crippen molar-refractivity contribution in [1.29, 1.82) is 0 Å². The van der Waals surface area contributed by atoms with Gasteiger partial charge in [-0.05, 0) is 24.3 Å². The summed E-state index contributed by atoms with van der Waals surface area (Å²) in [6.07, 6.45) is 0.790. The number of halogens is 1. The summed E-state index contributed by atoms with van der Waals surface area (Å²) in [6, 6.07) is 12.8. The first-order valence-corrected chi connectivity index (χ1v) is 7.47. The molecule has 4 nitrogen and oxygen atoms in total. The second-order valence-electron chi connectivity index (χ2n) is 5.04. The molecule has 0 N–H and O–H groups in total. The maximum absolute atomic E-state index is 12.6. The summed E-state index contributed by atoms with van der Waals surface area (Å²) in [7, 11) is 1.73. The van der Waals surface area contributed by atoms with Crippen LogP contribution >= 0.6 is 11.6 Å². The zero-order valence-corrected chi connectivity index (χ0v) is 13.0. The maximum Gasteiger partial charge on any atom is 0.258 e. The van der Waals surface area contributed by atoms with Crippen LogP contribution in [0.4, 0.5) is 5.69 Å². The average Bonchev–Trinajstić information content (AvgIpc) is 2.80. The van der Waals surface area contributed by atoms with Gasteiger partial charge in [-0.2, -0.15) is 0 Å². The predicted molar refractivity (Wildman–Crippen MR) is 86.2 cm³/mol. The molecule has 2 aromatic carbocycles. The number of carbonyl (C=O) groups excluding carboxylic acids is 1. The number of carbonyl (C=O) groups is 1. The first-order valence-electron chi connectivity index (χ1n) is 7.09. The van der Waals surface area contributed by atoms with Crippen molar-refractivity contribution >= 4 is 23.2 Å². The van der Waals surface area contributed by atoms with E-state index < -0.39 is 0 Å². The number of hydrogen-bond acceptors (Lipinski definition) is 3. The van der Waals surface area contributed by atoms with Gasteiger partial charge in [-0.15, -0.1) is 0 Å². The molecule has 3 rings (SSSR count). The largest absolute Gasteiger partial charge is 0.489 e. The van der Waals surface area contributed by atoms with Crippen LogP contribution in [-0.2, 0) is 0 Å². The molecule has 2 aromatic rings. The number of hydrogen-bond donors (Lipinski definition) is 0. The zero-order valence-electron chi connectivity index (χ0n) is 12.2. The Balaban J connectivity index is 1.93. The lowest BCUT2D eigenvalue weighted by Crippen LogP contribution is -2.26. The van der Waals surface area contributed by atoms with Gasteiger partial charge in [0.25, 0.3) is 5.91 Å². The van der Waals surface area contributed by atoms with Crippen molar-refractivity contribution in [2.45, 2.75) is 6.42 Å². The van der Waals surface area contributed by atoms with Crippen molar-refractivity contribution in [3.63, 3.8) is 0 Å². The van der Waals surface area contributed by atoms with Crippen molar-refractivity contribution in [2.24, 2.45) is 0 Å². The molecule has 0 aliphatic carbocycles. The van der Waals surface area contributed by atoms with E-state index in [2.05, 4.69) is 0 Å². The molecule has 1 amide bonds. The smallest absolute Gasteiger partial charge is 0.258 e. The van der Waals surface area contributed by atoms with Gasteiger partial charge < -0.3 is 14.4 Å². The van der Waals surface area contributed by atoms with Crippen LogP contribution in [0, 0.1) is 0 Å². The molecule has 0 saturated carbocycles. The van der Waals surface area contributed by atoms with Crippen LogP contribution in [0.25, 0.3) is 0 Å². The minimum Gasteiger partial charge on any atom is -0.489 e. The molecule has 114 valence electrons. The highest BCUT2D eigenvalue weighted by Gasteiger charge is 2.20. The lowest BCUT2D eigenvalue weighted by molar-refractivity contribution is 0.0992. The molecule has 1 aliphatic heterocycles. The number of ether oxygens (including phenoxy) is 2. The third kappa shape index (κ3) is 2.88. The summed E-state index contributed by atoms with van der Waals surface area (Å²) in [5.74, 6) is 0.886. The van der Waals surface area contributed by atoms with Crippen molar-refractivity contribution in [2.75, 3.05) is 25.2 Å². The number of nitrogens with zero attached hydrogens (tertiary/aromatic N) is 1. The van der Waals surface area contributed by atoms with Crippen LogP contribution in [0.2, 0.25) is 5.02 Å². The van der Waals surface area contributed by atoms with Gasteiger partial charge in [0.05, 0.1) is 18.2 Å². The fourth-order valence-corrected chi connectivity index (χ4v) is 2.58. The number of amides is 1. The Kier molecular flexibility index (Phi) is 4.20. The van der Waals surface area contributed by atoms with Gasteiger partial charge in [0.1, 0.15) is 0 Å². The Morgan fingerprint density at radius 1 is 1.14 bits per heavy atom. The highest BCUT2D eigenvalue weighted by molar-refractivity contribution is 6.32. The van der Waals surface area contributed by atoms with E-state index in [4.69, 9.17) is 21.1 Å². The first kappa shape index (κ1) is 14.7. The number of benzene rings is 2. The Bertz CT molecular complexity index is 688. The SMILES string of the molecule is CN(C(=O)c1cc(Cl)c2c(c1)OCCCO2)c1ccccc1. The van der Waals surface area contributed by atoms with Gasteiger partial charge in [-0.25, -0.2) is 0 Å². The molecular weight excluding hydrogens is 302 g/mol. The maximum atomic E-state index is 12.6. The molecule has 0 unspecified atom stereocenters. The van der Waals surface area contributed by atoms with Gasteiger partial charge >= 0.3 is 0 Å². The van der Waals surface area contributed by atoms with Crippen LogP contribution in [0.1, 0.15) is 16.8 Å². The van der Waals surface area contributed by atoms with Crippen LogP contribution in [0.3, 0.4) is 0 Å². The van der Waals surface area contributed by atoms with Crippen molar-refractivity contribution in [3.05, 3.63) is 53.1 Å². The summed E-state index contributed by atoms with van der Waals surface area (Å²) >= 11 is 6.24. The fourth-order valence-electron chi connectivity index (χ4n) is 2.32. The number of para-hydroxylation sites is 1. The van der Waals surface area contributed by atoms with Gasteiger partial charge in [0, 0.05) is 24.7 Å². The average molecular weight is 318 g/mol. The quantitative estimate of drug-likeness (QED) is 0.846. The third-order valence-corrected chi connectivity index (χ3v) is 3.78. The molecule has 22 heavy (non-hydrogen) atoms. The normalized spacial score (nSPS) is 13.4. The zero-order chi connectivity index (χ0) is 15.5. The lowest BCUT2D eigenvalue weighted by atomic mass is 10.1. The van der Waals surface area contributed by atoms with E-state index in [1.54, 1.807) is 24.1 Å². The molecule has 0 atom stereocenters. The molecule has 0 saturated heterocycles.